The molecular weight excluding hydrogens is 682 g/mol. The zero-order valence-electron chi connectivity index (χ0n) is 21.9. The lowest BCUT2D eigenvalue weighted by Gasteiger charge is -2.11. The molecule has 43 heavy (non-hydrogen) atoms. The zero-order chi connectivity index (χ0) is 30.1. The van der Waals surface area contributed by atoms with E-state index in [1.165, 1.54) is 12.3 Å². The number of nitro groups is 1. The van der Waals surface area contributed by atoms with Gasteiger partial charge in [0, 0.05) is 27.1 Å². The largest absolute Gasteiger partial charge is 0.481 e. The predicted octanol–water partition coefficient (Wildman–Crippen LogP) is 7.58. The average molecular weight is 699 g/mol. The highest BCUT2D eigenvalue weighted by atomic mass is 79.9. The summed E-state index contributed by atoms with van der Waals surface area (Å²) in [4.78, 5) is 29.7. The van der Waals surface area contributed by atoms with Gasteiger partial charge in [-0.05, 0) is 64.5 Å². The minimum Gasteiger partial charge on any atom is -0.481 e. The first-order chi connectivity index (χ1) is 20.8. The Kier molecular flexibility index (Phi) is 7.58. The summed E-state index contributed by atoms with van der Waals surface area (Å²) in [7, 11) is 0. The molecule has 0 fully saturated rings. The lowest BCUT2D eigenvalue weighted by Crippen LogP contribution is -2.20. The van der Waals surface area contributed by atoms with E-state index in [9.17, 15) is 20.2 Å². The van der Waals surface area contributed by atoms with Crippen molar-refractivity contribution in [3.05, 3.63) is 131 Å². The number of rotatable bonds is 7. The third-order valence-corrected chi connectivity index (χ3v) is 7.61. The fourth-order valence-corrected chi connectivity index (χ4v) is 5.46. The van der Waals surface area contributed by atoms with Gasteiger partial charge in [-0.25, -0.2) is 4.98 Å². The van der Waals surface area contributed by atoms with Gasteiger partial charge in [0.2, 0.25) is 11.6 Å². The molecule has 0 saturated carbocycles. The summed E-state index contributed by atoms with van der Waals surface area (Å²) in [6.07, 6.45) is 1.33. The summed E-state index contributed by atoms with van der Waals surface area (Å²) in [5.74, 6) is 0.479. The van der Waals surface area contributed by atoms with E-state index in [0.29, 0.717) is 43.4 Å². The van der Waals surface area contributed by atoms with Crippen molar-refractivity contribution in [1.29, 1.82) is 5.26 Å². The Labute approximate surface area is 259 Å². The summed E-state index contributed by atoms with van der Waals surface area (Å²) in [6, 6.07) is 26.0. The van der Waals surface area contributed by atoms with E-state index in [1.807, 2.05) is 12.1 Å². The quantitative estimate of drug-likeness (QED) is 0.0952. The fraction of sp³-hybridized carbons (Fsp3) is 0.0323. The Bertz CT molecular complexity index is 2200. The number of fused-ring (bicyclic) bond motifs is 2. The molecule has 6 rings (SSSR count). The van der Waals surface area contributed by atoms with Crippen LogP contribution in [0.25, 0.3) is 33.5 Å². The van der Waals surface area contributed by atoms with Gasteiger partial charge in [-0.2, -0.15) is 15.0 Å². The Balaban J connectivity index is 1.42. The van der Waals surface area contributed by atoms with Crippen LogP contribution in [-0.2, 0) is 6.61 Å². The molecule has 0 unspecified atom stereocenters. The van der Waals surface area contributed by atoms with Gasteiger partial charge in [-0.1, -0.05) is 46.3 Å². The molecule has 210 valence electrons. The van der Waals surface area contributed by atoms with Gasteiger partial charge in [-0.3, -0.25) is 14.9 Å². The molecule has 0 aliphatic heterocycles. The van der Waals surface area contributed by atoms with Crippen molar-refractivity contribution in [2.45, 2.75) is 6.61 Å². The first-order valence-corrected chi connectivity index (χ1v) is 14.3. The molecule has 0 aliphatic carbocycles. The van der Waals surface area contributed by atoms with Crippen molar-refractivity contribution in [3.8, 4) is 23.4 Å². The van der Waals surface area contributed by atoms with Gasteiger partial charge >= 0.3 is 5.69 Å². The Morgan fingerprint density at radius 1 is 1.07 bits per heavy atom. The van der Waals surface area contributed by atoms with Gasteiger partial charge in [0.05, 0.1) is 38.1 Å². The van der Waals surface area contributed by atoms with Gasteiger partial charge in [0.1, 0.15) is 12.2 Å². The Morgan fingerprint density at radius 3 is 2.67 bits per heavy atom. The molecule has 6 aromatic rings. The molecule has 4 aromatic carbocycles. The number of hydrogen-bond donors (Lipinski definition) is 0. The standard InChI is InChI=1S/C31H17Br2N5O5/c32-22-9-10-27-21(13-22)14-28(43-27)30-36-25-8-4-3-7-23(25)31(39)37(30)35-16-18-11-24(33)29(26(12-18)38(40)41)42-17-20-6-2-1-5-19(20)15-34/h1-14,16H,17H2. The molecule has 0 amide bonds. The molecule has 0 atom stereocenters. The number of ether oxygens (including phenoxy) is 1. The third-order valence-electron chi connectivity index (χ3n) is 6.53. The minimum atomic E-state index is -0.574. The van der Waals surface area contributed by atoms with Crippen LogP contribution < -0.4 is 10.3 Å². The SMILES string of the molecule is N#Cc1ccccc1COc1c(Br)cc(C=Nn2c(-c3cc4cc(Br)ccc4o3)nc3ccccc3c2=O)cc1[N+](=O)[O-]. The summed E-state index contributed by atoms with van der Waals surface area (Å²) in [6.45, 7) is -0.0494. The number of nitriles is 1. The number of halogens is 2. The highest BCUT2D eigenvalue weighted by Crippen LogP contribution is 2.37. The lowest BCUT2D eigenvalue weighted by atomic mass is 10.1. The molecule has 12 heteroatoms. The van der Waals surface area contributed by atoms with E-state index >= 15 is 0 Å². The van der Waals surface area contributed by atoms with Crippen molar-refractivity contribution >= 4 is 65.6 Å². The number of hydrogen-bond acceptors (Lipinski definition) is 8. The summed E-state index contributed by atoms with van der Waals surface area (Å²) >= 11 is 6.82. The molecule has 10 nitrogen and oxygen atoms in total. The maximum Gasteiger partial charge on any atom is 0.312 e. The van der Waals surface area contributed by atoms with Crippen molar-refractivity contribution in [1.82, 2.24) is 9.66 Å². The second-order valence-electron chi connectivity index (χ2n) is 9.27. The first kappa shape index (κ1) is 28.0. The molecule has 0 N–H and O–H groups in total. The van der Waals surface area contributed by atoms with E-state index in [-0.39, 0.29) is 23.9 Å². The number of furan rings is 1. The van der Waals surface area contributed by atoms with E-state index in [0.717, 1.165) is 14.5 Å². The first-order valence-electron chi connectivity index (χ1n) is 12.7. The second kappa shape index (κ2) is 11.6. The Morgan fingerprint density at radius 2 is 1.86 bits per heavy atom. The van der Waals surface area contributed by atoms with Crippen molar-refractivity contribution in [2.24, 2.45) is 5.10 Å². The van der Waals surface area contributed by atoms with Crippen LogP contribution in [0.1, 0.15) is 16.7 Å². The van der Waals surface area contributed by atoms with Gasteiger partial charge in [-0.15, -0.1) is 0 Å². The van der Waals surface area contributed by atoms with Crippen molar-refractivity contribution < 1.29 is 14.1 Å². The monoisotopic (exact) mass is 697 g/mol. The molecule has 2 heterocycles. The molecule has 0 radical (unpaired) electrons. The maximum atomic E-state index is 13.6. The number of benzene rings is 4. The van der Waals surface area contributed by atoms with E-state index in [4.69, 9.17) is 9.15 Å². The fourth-order valence-electron chi connectivity index (χ4n) is 4.50. The summed E-state index contributed by atoms with van der Waals surface area (Å²) in [5.41, 5.74) is 1.62. The topological polar surface area (TPSA) is 137 Å². The average Bonchev–Trinajstić information content (AvgIpc) is 3.43. The number of aromatic nitrogens is 2. The molecule has 0 bridgehead atoms. The van der Waals surface area contributed by atoms with E-state index in [1.54, 1.807) is 66.7 Å². The molecule has 0 spiro atoms. The van der Waals surface area contributed by atoms with E-state index < -0.39 is 10.5 Å². The van der Waals surface area contributed by atoms with Crippen LogP contribution in [0, 0.1) is 21.4 Å². The van der Waals surface area contributed by atoms with Gasteiger partial charge in [0.25, 0.3) is 5.56 Å². The van der Waals surface area contributed by atoms with Crippen molar-refractivity contribution in [3.63, 3.8) is 0 Å². The highest BCUT2D eigenvalue weighted by molar-refractivity contribution is 9.10. The molecule has 2 aromatic heterocycles. The number of para-hydroxylation sites is 1. The predicted molar refractivity (Wildman–Crippen MR) is 168 cm³/mol. The summed E-state index contributed by atoms with van der Waals surface area (Å²) < 4.78 is 14.1. The normalized spacial score (nSPS) is 11.3. The lowest BCUT2D eigenvalue weighted by molar-refractivity contribution is -0.386. The van der Waals surface area contributed by atoms with Crippen LogP contribution >= 0.6 is 31.9 Å². The van der Waals surface area contributed by atoms with Crippen LogP contribution in [0.3, 0.4) is 0 Å². The molecule has 0 saturated heterocycles. The van der Waals surface area contributed by atoms with Gasteiger partial charge in [0.15, 0.2) is 5.76 Å². The smallest absolute Gasteiger partial charge is 0.312 e. The minimum absolute atomic E-state index is 0.00597. The zero-order valence-corrected chi connectivity index (χ0v) is 25.1. The molecular formula is C31H17Br2N5O5. The van der Waals surface area contributed by atoms with Crippen LogP contribution in [0.4, 0.5) is 5.69 Å². The van der Waals surface area contributed by atoms with E-state index in [2.05, 4.69) is 48.0 Å². The van der Waals surface area contributed by atoms with Crippen LogP contribution in [0.15, 0.2) is 108 Å². The highest BCUT2D eigenvalue weighted by Gasteiger charge is 2.21. The third kappa shape index (κ3) is 5.55. The second-order valence-corrected chi connectivity index (χ2v) is 11.0. The van der Waals surface area contributed by atoms with Crippen LogP contribution in [0.2, 0.25) is 0 Å². The van der Waals surface area contributed by atoms with Gasteiger partial charge < -0.3 is 9.15 Å². The number of nitro benzene ring substituents is 1. The van der Waals surface area contributed by atoms with Crippen molar-refractivity contribution in [2.75, 3.05) is 0 Å². The van der Waals surface area contributed by atoms with Crippen LogP contribution in [0.5, 0.6) is 5.75 Å². The maximum absolute atomic E-state index is 13.6. The summed E-state index contributed by atoms with van der Waals surface area (Å²) in [5, 5.41) is 26.9. The molecule has 0 aliphatic rings. The number of nitrogens with zero attached hydrogens (tertiary/aromatic N) is 5. The Hall–Kier alpha value is -5.12. The van der Waals surface area contributed by atoms with Crippen LogP contribution in [-0.4, -0.2) is 20.8 Å².